The van der Waals surface area contributed by atoms with Gasteiger partial charge in [-0.2, -0.15) is 5.10 Å². The molecule has 5 nitrogen and oxygen atoms in total. The van der Waals surface area contributed by atoms with Crippen molar-refractivity contribution in [2.75, 3.05) is 6.61 Å². The maximum absolute atomic E-state index is 11.8. The Labute approximate surface area is 115 Å². The summed E-state index contributed by atoms with van der Waals surface area (Å²) in [6, 6.07) is 0. The highest BCUT2D eigenvalue weighted by Crippen LogP contribution is 2.24. The van der Waals surface area contributed by atoms with Crippen molar-refractivity contribution in [1.82, 2.24) is 14.8 Å². The average Bonchev–Trinajstić information content (AvgIpc) is 2.96. The minimum atomic E-state index is -0.339. The van der Waals surface area contributed by atoms with Crippen molar-refractivity contribution in [3.05, 3.63) is 35.6 Å². The minimum absolute atomic E-state index is 0.339. The van der Waals surface area contributed by atoms with Gasteiger partial charge in [0.2, 0.25) is 0 Å². The molecule has 19 heavy (non-hydrogen) atoms. The van der Waals surface area contributed by atoms with Gasteiger partial charge >= 0.3 is 5.97 Å². The number of carbonyl (C=O) groups is 1. The van der Waals surface area contributed by atoms with Crippen LogP contribution in [-0.2, 0) is 11.8 Å². The van der Waals surface area contributed by atoms with Crippen molar-refractivity contribution in [3.8, 4) is 10.6 Å². The van der Waals surface area contributed by atoms with E-state index in [-0.39, 0.29) is 5.97 Å². The summed E-state index contributed by atoms with van der Waals surface area (Å²) >= 11 is 1.30. The van der Waals surface area contributed by atoms with Gasteiger partial charge in [-0.1, -0.05) is 5.57 Å². The van der Waals surface area contributed by atoms with Crippen molar-refractivity contribution in [3.63, 3.8) is 0 Å². The summed E-state index contributed by atoms with van der Waals surface area (Å²) in [5, 5.41) is 4.84. The fourth-order valence-corrected chi connectivity index (χ4v) is 2.21. The van der Waals surface area contributed by atoms with Crippen molar-refractivity contribution in [2.24, 2.45) is 7.05 Å². The summed E-state index contributed by atoms with van der Waals surface area (Å²) in [6.07, 6.45) is 5.79. The number of thiazole rings is 1. The zero-order valence-corrected chi connectivity index (χ0v) is 11.7. The SMILES string of the molecule is C=C(C)CCOC(=O)c1cnc(-c2cnn(C)c2)s1. The van der Waals surface area contributed by atoms with Crippen LogP contribution in [0.15, 0.2) is 30.7 Å². The molecule has 0 spiro atoms. The molecule has 0 unspecified atom stereocenters. The summed E-state index contributed by atoms with van der Waals surface area (Å²) in [5.74, 6) is -0.339. The molecule has 0 saturated heterocycles. The number of esters is 1. The van der Waals surface area contributed by atoms with Gasteiger partial charge < -0.3 is 4.74 Å². The highest BCUT2D eigenvalue weighted by molar-refractivity contribution is 7.16. The predicted octanol–water partition coefficient (Wildman–Crippen LogP) is 2.67. The molecule has 0 radical (unpaired) electrons. The van der Waals surface area contributed by atoms with Crippen molar-refractivity contribution in [2.45, 2.75) is 13.3 Å². The lowest BCUT2D eigenvalue weighted by atomic mass is 10.3. The molecule has 2 aromatic heterocycles. The molecule has 0 aliphatic heterocycles. The van der Waals surface area contributed by atoms with Crippen LogP contribution in [0.25, 0.3) is 10.6 Å². The topological polar surface area (TPSA) is 57.0 Å². The van der Waals surface area contributed by atoms with Gasteiger partial charge in [-0.25, -0.2) is 9.78 Å². The normalized spacial score (nSPS) is 10.4. The Kier molecular flexibility index (Phi) is 4.11. The Morgan fingerprint density at radius 2 is 2.32 bits per heavy atom. The van der Waals surface area contributed by atoms with E-state index in [1.54, 1.807) is 10.9 Å². The standard InChI is InChI=1S/C13H15N3O2S/c1-9(2)4-5-18-13(17)11-7-14-12(19-11)10-6-15-16(3)8-10/h6-8H,1,4-5H2,2-3H3. The fourth-order valence-electron chi connectivity index (χ4n) is 1.42. The first-order valence-corrected chi connectivity index (χ1v) is 6.64. The molecule has 0 saturated carbocycles. The van der Waals surface area contributed by atoms with Crippen LogP contribution < -0.4 is 0 Å². The summed E-state index contributed by atoms with van der Waals surface area (Å²) in [4.78, 5) is 16.5. The lowest BCUT2D eigenvalue weighted by molar-refractivity contribution is 0.0515. The lowest BCUT2D eigenvalue weighted by Crippen LogP contribution is -2.04. The second kappa shape index (κ2) is 5.79. The number of nitrogens with zero attached hydrogens (tertiary/aromatic N) is 3. The summed E-state index contributed by atoms with van der Waals surface area (Å²) < 4.78 is 6.84. The van der Waals surface area contributed by atoms with Crippen molar-refractivity contribution < 1.29 is 9.53 Å². The fraction of sp³-hybridized carbons (Fsp3) is 0.308. The van der Waals surface area contributed by atoms with Gasteiger partial charge in [-0.05, 0) is 6.92 Å². The van der Waals surface area contributed by atoms with Crippen LogP contribution >= 0.6 is 11.3 Å². The molecule has 0 amide bonds. The van der Waals surface area contributed by atoms with Gasteiger partial charge in [-0.3, -0.25) is 4.68 Å². The Balaban J connectivity index is 2.00. The first kappa shape index (κ1) is 13.5. The van der Waals surface area contributed by atoms with E-state index in [1.165, 1.54) is 17.5 Å². The van der Waals surface area contributed by atoms with Gasteiger partial charge in [-0.15, -0.1) is 17.9 Å². The number of hydrogen-bond donors (Lipinski definition) is 0. The first-order chi connectivity index (χ1) is 9.06. The molecule has 0 N–H and O–H groups in total. The molecular formula is C13H15N3O2S. The lowest BCUT2D eigenvalue weighted by Gasteiger charge is -2.01. The highest BCUT2D eigenvalue weighted by Gasteiger charge is 2.13. The van der Waals surface area contributed by atoms with Crippen LogP contribution in [0, 0.1) is 0 Å². The summed E-state index contributed by atoms with van der Waals surface area (Å²) in [7, 11) is 1.84. The van der Waals surface area contributed by atoms with Crippen LogP contribution in [0.4, 0.5) is 0 Å². The van der Waals surface area contributed by atoms with E-state index in [1.807, 2.05) is 20.2 Å². The minimum Gasteiger partial charge on any atom is -0.461 e. The maximum atomic E-state index is 11.8. The molecule has 0 aliphatic rings. The molecule has 0 bridgehead atoms. The van der Waals surface area contributed by atoms with Gasteiger partial charge in [0.1, 0.15) is 9.88 Å². The zero-order chi connectivity index (χ0) is 13.8. The van der Waals surface area contributed by atoms with Crippen LogP contribution in [0.2, 0.25) is 0 Å². The number of carbonyl (C=O) groups excluding carboxylic acids is 1. The van der Waals surface area contributed by atoms with Gasteiger partial charge in [0, 0.05) is 25.2 Å². The Hall–Kier alpha value is -1.95. The predicted molar refractivity (Wildman–Crippen MR) is 74.0 cm³/mol. The molecule has 2 aromatic rings. The van der Waals surface area contributed by atoms with E-state index in [9.17, 15) is 4.79 Å². The van der Waals surface area contributed by atoms with Crippen LogP contribution in [-0.4, -0.2) is 27.3 Å². The summed E-state index contributed by atoms with van der Waals surface area (Å²) in [5.41, 5.74) is 1.89. The number of rotatable bonds is 5. The molecule has 100 valence electrons. The number of aromatic nitrogens is 3. The van der Waals surface area contributed by atoms with Crippen molar-refractivity contribution in [1.29, 1.82) is 0 Å². The van der Waals surface area contributed by atoms with Gasteiger partial charge in [0.25, 0.3) is 0 Å². The Bertz CT molecular complexity index is 601. The van der Waals surface area contributed by atoms with E-state index in [4.69, 9.17) is 4.74 Å². The quantitative estimate of drug-likeness (QED) is 0.623. The Morgan fingerprint density at radius 3 is 2.95 bits per heavy atom. The van der Waals surface area contributed by atoms with Crippen LogP contribution in [0.1, 0.15) is 23.0 Å². The highest BCUT2D eigenvalue weighted by atomic mass is 32.1. The van der Waals surface area contributed by atoms with E-state index < -0.39 is 0 Å². The third-order valence-electron chi connectivity index (χ3n) is 2.42. The first-order valence-electron chi connectivity index (χ1n) is 5.82. The Morgan fingerprint density at radius 1 is 1.53 bits per heavy atom. The second-order valence-electron chi connectivity index (χ2n) is 4.28. The van der Waals surface area contributed by atoms with Crippen molar-refractivity contribution >= 4 is 17.3 Å². The zero-order valence-electron chi connectivity index (χ0n) is 10.9. The molecule has 0 aromatic carbocycles. The third-order valence-corrected chi connectivity index (χ3v) is 3.45. The van der Waals surface area contributed by atoms with E-state index in [0.717, 1.165) is 16.1 Å². The molecule has 0 atom stereocenters. The third kappa shape index (κ3) is 3.51. The number of aryl methyl sites for hydroxylation is 1. The van der Waals surface area contributed by atoms with Crippen LogP contribution in [0.5, 0.6) is 0 Å². The van der Waals surface area contributed by atoms with E-state index in [2.05, 4.69) is 16.7 Å². The molecular weight excluding hydrogens is 262 g/mol. The van der Waals surface area contributed by atoms with Gasteiger partial charge in [0.15, 0.2) is 0 Å². The maximum Gasteiger partial charge on any atom is 0.349 e. The number of hydrogen-bond acceptors (Lipinski definition) is 5. The van der Waals surface area contributed by atoms with Crippen LogP contribution in [0.3, 0.4) is 0 Å². The molecule has 2 heterocycles. The molecule has 6 heteroatoms. The number of ether oxygens (including phenoxy) is 1. The summed E-state index contributed by atoms with van der Waals surface area (Å²) in [6.45, 7) is 6.02. The average molecular weight is 277 g/mol. The second-order valence-corrected chi connectivity index (χ2v) is 5.31. The van der Waals surface area contributed by atoms with E-state index >= 15 is 0 Å². The van der Waals surface area contributed by atoms with E-state index in [0.29, 0.717) is 17.9 Å². The molecule has 0 aliphatic carbocycles. The van der Waals surface area contributed by atoms with Gasteiger partial charge in [0.05, 0.1) is 19.0 Å². The largest absolute Gasteiger partial charge is 0.461 e. The molecule has 0 fully saturated rings. The smallest absolute Gasteiger partial charge is 0.349 e. The monoisotopic (exact) mass is 277 g/mol. The molecule has 2 rings (SSSR count).